The van der Waals surface area contributed by atoms with Crippen molar-refractivity contribution in [3.05, 3.63) is 79.9 Å². The summed E-state index contributed by atoms with van der Waals surface area (Å²) in [7, 11) is -10.5. The SMILES string of the molecule is O=P([O-])([O-])Oc1cc(C2(OCCOC3(c4ccc(Cl)c(OP(=O)(O)O)c4)OOC34C3CCCC4C4=C(CCCC4)C3)OOC23C2CCCC3C3=C(CCCC3)C2)ccc1Cl. The first-order chi connectivity index (χ1) is 28.7. The van der Waals surface area contributed by atoms with E-state index in [-0.39, 0.29) is 58.4 Å². The van der Waals surface area contributed by atoms with Gasteiger partial charge in [-0.1, -0.05) is 70.5 Å². The van der Waals surface area contributed by atoms with Crippen LogP contribution in [0.4, 0.5) is 0 Å². The molecule has 10 rings (SSSR count). The molecule has 2 saturated heterocycles. The maximum Gasteiger partial charge on any atom is 0.524 e. The smallest absolute Gasteiger partial charge is 0.524 e. The number of fused-ring (bicyclic) bond motifs is 2. The number of rotatable bonds is 11. The number of phosphoric acid groups is 2. The first-order valence-electron chi connectivity index (χ1n) is 21.2. The summed E-state index contributed by atoms with van der Waals surface area (Å²) < 4.78 is 47.8. The third kappa shape index (κ3) is 6.58. The van der Waals surface area contributed by atoms with E-state index in [1.54, 1.807) is 12.1 Å². The lowest BCUT2D eigenvalue weighted by molar-refractivity contribution is -0.649. The van der Waals surface area contributed by atoms with Gasteiger partial charge in [-0.05, 0) is 114 Å². The Morgan fingerprint density at radius 1 is 0.633 bits per heavy atom. The molecule has 2 aromatic carbocycles. The van der Waals surface area contributed by atoms with E-state index >= 15 is 0 Å². The van der Waals surface area contributed by atoms with Gasteiger partial charge in [0.25, 0.3) is 11.6 Å². The number of halogens is 2. The van der Waals surface area contributed by atoms with Gasteiger partial charge in [0.05, 0.1) is 23.3 Å². The fourth-order valence-electron chi connectivity index (χ4n) is 12.7. The van der Waals surface area contributed by atoms with E-state index in [2.05, 4.69) is 0 Å². The number of benzene rings is 2. The van der Waals surface area contributed by atoms with Crippen LogP contribution in [0.25, 0.3) is 0 Å². The molecule has 326 valence electrons. The minimum Gasteiger partial charge on any atom is -0.780 e. The molecule has 0 amide bonds. The Morgan fingerprint density at radius 2 is 1.08 bits per heavy atom. The zero-order valence-electron chi connectivity index (χ0n) is 32.9. The van der Waals surface area contributed by atoms with Crippen molar-refractivity contribution in [2.24, 2.45) is 23.7 Å². The third-order valence-electron chi connectivity index (χ3n) is 14.8. The summed E-state index contributed by atoms with van der Waals surface area (Å²) in [6.45, 7) is -0.160. The van der Waals surface area contributed by atoms with Crippen molar-refractivity contribution >= 4 is 38.8 Å². The molecule has 8 aliphatic rings. The third-order valence-corrected chi connectivity index (χ3v) is 16.3. The molecule has 2 spiro atoms. The normalized spacial score (nSPS) is 36.0. The average Bonchev–Trinajstić information content (AvgIpc) is 3.19. The Morgan fingerprint density at radius 3 is 1.50 bits per heavy atom. The summed E-state index contributed by atoms with van der Waals surface area (Å²) >= 11 is 12.8. The summed E-state index contributed by atoms with van der Waals surface area (Å²) in [5, 5.41) is -0.0792. The van der Waals surface area contributed by atoms with Crippen molar-refractivity contribution in [1.82, 2.24) is 0 Å². The highest BCUT2D eigenvalue weighted by molar-refractivity contribution is 7.46. The Balaban J connectivity index is 1.03. The van der Waals surface area contributed by atoms with Gasteiger partial charge in [0.1, 0.15) is 13.6 Å². The number of hydrogen-bond donors (Lipinski definition) is 2. The highest BCUT2D eigenvalue weighted by Gasteiger charge is 2.77. The Kier molecular flexibility index (Phi) is 10.8. The van der Waals surface area contributed by atoms with Crippen molar-refractivity contribution in [3.8, 4) is 11.5 Å². The minimum absolute atomic E-state index is 0.00349. The molecule has 6 aliphatic carbocycles. The summed E-state index contributed by atoms with van der Waals surface area (Å²) in [6, 6.07) is 9.17. The maximum atomic E-state index is 12.1. The Hall–Kier alpha value is -1.84. The van der Waals surface area contributed by atoms with Gasteiger partial charge in [-0.25, -0.2) is 14.3 Å². The highest BCUT2D eigenvalue weighted by atomic mass is 35.5. The van der Waals surface area contributed by atoms with E-state index in [9.17, 15) is 28.7 Å². The lowest BCUT2D eigenvalue weighted by atomic mass is 9.53. The molecule has 8 unspecified atom stereocenters. The predicted octanol–water partition coefficient (Wildman–Crippen LogP) is 8.49. The molecule has 14 nitrogen and oxygen atoms in total. The van der Waals surface area contributed by atoms with Crippen LogP contribution < -0.4 is 18.8 Å². The van der Waals surface area contributed by atoms with E-state index in [1.807, 2.05) is 0 Å². The molecule has 4 fully saturated rings. The molecule has 2 saturated carbocycles. The summed E-state index contributed by atoms with van der Waals surface area (Å²) in [4.78, 5) is 68.5. The first-order valence-corrected chi connectivity index (χ1v) is 24.9. The molecular weight excluding hydrogens is 861 g/mol. The van der Waals surface area contributed by atoms with E-state index in [1.165, 1.54) is 46.6 Å². The van der Waals surface area contributed by atoms with Crippen molar-refractivity contribution in [3.63, 3.8) is 0 Å². The minimum atomic E-state index is -5.49. The lowest BCUT2D eigenvalue weighted by Gasteiger charge is -2.66. The van der Waals surface area contributed by atoms with Gasteiger partial charge >= 0.3 is 7.82 Å². The monoisotopic (exact) mass is 908 g/mol. The van der Waals surface area contributed by atoms with Crippen LogP contribution in [0.1, 0.15) is 114 Å². The van der Waals surface area contributed by atoms with E-state index in [0.717, 1.165) is 103 Å². The second kappa shape index (κ2) is 15.4. The molecule has 0 aromatic heterocycles. The quantitative estimate of drug-likeness (QED) is 0.0943. The molecule has 2 heterocycles. The fraction of sp³-hybridized carbons (Fsp3) is 0.619. The zero-order chi connectivity index (χ0) is 41.7. The largest absolute Gasteiger partial charge is 0.780 e. The molecular formula is C42H48Cl2O14P2-2. The van der Waals surface area contributed by atoms with Crippen LogP contribution in [0.2, 0.25) is 10.0 Å². The maximum absolute atomic E-state index is 12.1. The van der Waals surface area contributed by atoms with Crippen LogP contribution in [0.5, 0.6) is 11.5 Å². The Bertz CT molecular complexity index is 2070. The Labute approximate surface area is 358 Å². The first kappa shape index (κ1) is 42.1. The van der Waals surface area contributed by atoms with Crippen LogP contribution in [0.3, 0.4) is 0 Å². The molecule has 8 atom stereocenters. The second-order valence-electron chi connectivity index (χ2n) is 17.7. The fourth-order valence-corrected chi connectivity index (χ4v) is 13.9. The van der Waals surface area contributed by atoms with Gasteiger partial charge < -0.3 is 32.9 Å². The van der Waals surface area contributed by atoms with Crippen molar-refractivity contribution in [2.45, 2.75) is 126 Å². The standard InChI is InChI=1S/C42H50Cl2O14P2/c43-35-17-15-29(23-37(35)53-59(45,46)47)41(39(55-57-41)27-9-5-13-33(39)31-11-3-1-7-25(31)21-27)51-19-20-52-42(30-16-18-36(44)38(24-30)54-60(48,49)50)40(56-58-42)28-10-6-14-34(40)32-12-4-2-8-26(32)22-28/h15-18,23-24,27-28,33-34H,1-14,19-22H2,(H2,45,46,47)(H2,48,49,50)/p-2. The predicted molar refractivity (Wildman–Crippen MR) is 211 cm³/mol. The van der Waals surface area contributed by atoms with Crippen LogP contribution in [-0.4, -0.2) is 34.2 Å². The molecule has 2 aliphatic heterocycles. The number of hydrogen-bond acceptors (Lipinski definition) is 12. The molecule has 2 N–H and O–H groups in total. The van der Waals surface area contributed by atoms with Gasteiger partial charge in [-0.3, -0.25) is 9.79 Å². The van der Waals surface area contributed by atoms with E-state index in [0.29, 0.717) is 11.1 Å². The summed E-state index contributed by atoms with van der Waals surface area (Å²) in [6.07, 6.45) is 15.5. The summed E-state index contributed by atoms with van der Waals surface area (Å²) in [5.41, 5.74) is 4.55. The van der Waals surface area contributed by atoms with Crippen LogP contribution in [0.15, 0.2) is 58.7 Å². The van der Waals surface area contributed by atoms with Crippen molar-refractivity contribution in [2.75, 3.05) is 13.2 Å². The van der Waals surface area contributed by atoms with Gasteiger partial charge in [-0.15, -0.1) is 0 Å². The van der Waals surface area contributed by atoms with Gasteiger partial charge in [0.15, 0.2) is 17.0 Å². The van der Waals surface area contributed by atoms with Crippen LogP contribution in [0, 0.1) is 23.7 Å². The molecule has 60 heavy (non-hydrogen) atoms. The van der Waals surface area contributed by atoms with Gasteiger partial charge in [-0.2, -0.15) is 9.78 Å². The van der Waals surface area contributed by atoms with E-state index < -0.39 is 38.4 Å². The average molecular weight is 910 g/mol. The van der Waals surface area contributed by atoms with Gasteiger partial charge in [0, 0.05) is 34.8 Å². The van der Waals surface area contributed by atoms with Crippen molar-refractivity contribution in [1.29, 1.82) is 0 Å². The second-order valence-corrected chi connectivity index (χ2v) is 20.8. The number of allylic oxidation sites excluding steroid dienone is 2. The van der Waals surface area contributed by atoms with Crippen LogP contribution >= 0.6 is 38.8 Å². The summed E-state index contributed by atoms with van der Waals surface area (Å²) in [5.74, 6) is -3.76. The number of phosphoric ester groups is 2. The van der Waals surface area contributed by atoms with E-state index in [4.69, 9.17) is 61.3 Å². The highest BCUT2D eigenvalue weighted by Crippen LogP contribution is 2.69. The lowest BCUT2D eigenvalue weighted by Crippen LogP contribution is -2.75. The topological polar surface area (TPSA) is 195 Å². The molecule has 0 radical (unpaired) electrons. The van der Waals surface area contributed by atoms with Gasteiger partial charge in [0.2, 0.25) is 0 Å². The zero-order valence-corrected chi connectivity index (χ0v) is 36.2. The molecule has 18 heteroatoms. The molecule has 2 aromatic rings. The van der Waals surface area contributed by atoms with Crippen molar-refractivity contribution < 1.29 is 66.8 Å². The number of ether oxygens (including phenoxy) is 2. The molecule has 4 bridgehead atoms. The van der Waals surface area contributed by atoms with Crippen LogP contribution in [-0.2, 0) is 49.7 Å².